The molecular weight excluding hydrogens is 288 g/mol. The number of hydrogen-bond acceptors (Lipinski definition) is 6. The minimum absolute atomic E-state index is 0.00909. The molecule has 0 spiro atoms. The predicted octanol–water partition coefficient (Wildman–Crippen LogP) is 1.38. The summed E-state index contributed by atoms with van der Waals surface area (Å²) in [7, 11) is 0. The molecule has 0 saturated carbocycles. The van der Waals surface area contributed by atoms with E-state index in [-0.39, 0.29) is 6.10 Å². The first-order chi connectivity index (χ1) is 7.96. The molecule has 1 unspecified atom stereocenters. The predicted molar refractivity (Wildman–Crippen MR) is 67.5 cm³/mol. The van der Waals surface area contributed by atoms with E-state index >= 15 is 0 Å². The van der Waals surface area contributed by atoms with Gasteiger partial charge >= 0.3 is 0 Å². The normalized spacial score (nSPS) is 22.6. The van der Waals surface area contributed by atoms with Crippen molar-refractivity contribution in [2.45, 2.75) is 25.7 Å². The first-order valence-corrected chi connectivity index (χ1v) is 6.09. The number of nitrogens with one attached hydrogen (secondary N) is 1. The SMILES string of the molecule is CC1(C)OCC(CNc2nc(Br)cnc2N)O1. The molecule has 94 valence electrons. The number of nitrogens with two attached hydrogens (primary N) is 1. The number of ether oxygens (including phenoxy) is 2. The molecule has 0 bridgehead atoms. The lowest BCUT2D eigenvalue weighted by molar-refractivity contribution is -0.136. The average Bonchev–Trinajstić information content (AvgIpc) is 2.60. The van der Waals surface area contributed by atoms with E-state index < -0.39 is 5.79 Å². The zero-order chi connectivity index (χ0) is 12.5. The smallest absolute Gasteiger partial charge is 0.170 e. The Morgan fingerprint density at radius 1 is 1.65 bits per heavy atom. The highest BCUT2D eigenvalue weighted by molar-refractivity contribution is 9.10. The average molecular weight is 303 g/mol. The molecule has 1 atom stereocenters. The van der Waals surface area contributed by atoms with Crippen LogP contribution in [0.4, 0.5) is 11.6 Å². The second-order valence-electron chi connectivity index (χ2n) is 4.26. The van der Waals surface area contributed by atoms with E-state index in [0.29, 0.717) is 29.4 Å². The number of aromatic nitrogens is 2. The number of nitrogens with zero attached hydrogens (tertiary/aromatic N) is 2. The summed E-state index contributed by atoms with van der Waals surface area (Å²) >= 11 is 3.24. The van der Waals surface area contributed by atoms with Gasteiger partial charge in [0, 0.05) is 6.54 Å². The van der Waals surface area contributed by atoms with Crippen molar-refractivity contribution in [2.24, 2.45) is 0 Å². The topological polar surface area (TPSA) is 82.3 Å². The number of nitrogen functional groups attached to an aromatic ring is 1. The van der Waals surface area contributed by atoms with Crippen molar-refractivity contribution in [1.29, 1.82) is 0 Å². The van der Waals surface area contributed by atoms with Crippen LogP contribution in [0.15, 0.2) is 10.8 Å². The highest BCUT2D eigenvalue weighted by Crippen LogP contribution is 2.23. The van der Waals surface area contributed by atoms with E-state index in [2.05, 4.69) is 31.2 Å². The van der Waals surface area contributed by atoms with Crippen molar-refractivity contribution in [1.82, 2.24) is 9.97 Å². The van der Waals surface area contributed by atoms with Gasteiger partial charge in [0.05, 0.1) is 12.8 Å². The Balaban J connectivity index is 1.92. The third kappa shape index (κ3) is 3.27. The van der Waals surface area contributed by atoms with Gasteiger partial charge in [-0.3, -0.25) is 0 Å². The van der Waals surface area contributed by atoms with E-state index in [1.165, 1.54) is 0 Å². The molecule has 1 fully saturated rings. The van der Waals surface area contributed by atoms with Crippen LogP contribution in [-0.4, -0.2) is 35.0 Å². The van der Waals surface area contributed by atoms with E-state index in [1.54, 1.807) is 6.20 Å². The molecule has 1 saturated heterocycles. The summed E-state index contributed by atoms with van der Waals surface area (Å²) in [6.07, 6.45) is 1.55. The molecule has 2 heterocycles. The van der Waals surface area contributed by atoms with Gasteiger partial charge in [0.1, 0.15) is 10.7 Å². The second-order valence-corrected chi connectivity index (χ2v) is 5.07. The largest absolute Gasteiger partial charge is 0.381 e. The molecule has 6 nitrogen and oxygen atoms in total. The summed E-state index contributed by atoms with van der Waals surface area (Å²) in [6, 6.07) is 0. The van der Waals surface area contributed by atoms with E-state index in [9.17, 15) is 0 Å². The highest BCUT2D eigenvalue weighted by Gasteiger charge is 2.32. The van der Waals surface area contributed by atoms with Crippen LogP contribution < -0.4 is 11.1 Å². The Kier molecular flexibility index (Phi) is 3.50. The van der Waals surface area contributed by atoms with Gasteiger partial charge in [-0.25, -0.2) is 9.97 Å². The maximum absolute atomic E-state index is 5.70. The lowest BCUT2D eigenvalue weighted by Crippen LogP contribution is -2.26. The molecule has 3 N–H and O–H groups in total. The quantitative estimate of drug-likeness (QED) is 0.878. The zero-order valence-electron chi connectivity index (χ0n) is 9.74. The van der Waals surface area contributed by atoms with Crippen LogP contribution in [0, 0.1) is 0 Å². The molecule has 1 aromatic heterocycles. The summed E-state index contributed by atoms with van der Waals surface area (Å²) in [5.41, 5.74) is 5.70. The molecule has 1 aliphatic rings. The van der Waals surface area contributed by atoms with Crippen LogP contribution >= 0.6 is 15.9 Å². The molecule has 1 aromatic rings. The Bertz CT molecular complexity index is 413. The summed E-state index contributed by atoms with van der Waals surface area (Å²) in [6.45, 7) is 4.92. The van der Waals surface area contributed by atoms with Gasteiger partial charge in [-0.05, 0) is 29.8 Å². The third-order valence-electron chi connectivity index (χ3n) is 2.34. The van der Waals surface area contributed by atoms with Crippen molar-refractivity contribution < 1.29 is 9.47 Å². The van der Waals surface area contributed by atoms with Crippen LogP contribution in [-0.2, 0) is 9.47 Å². The van der Waals surface area contributed by atoms with Crippen LogP contribution in [0.1, 0.15) is 13.8 Å². The minimum atomic E-state index is -0.513. The van der Waals surface area contributed by atoms with Gasteiger partial charge in [-0.1, -0.05) is 0 Å². The van der Waals surface area contributed by atoms with E-state index in [4.69, 9.17) is 15.2 Å². The van der Waals surface area contributed by atoms with Crippen molar-refractivity contribution in [3.8, 4) is 0 Å². The van der Waals surface area contributed by atoms with Crippen LogP contribution in [0.25, 0.3) is 0 Å². The number of hydrogen-bond donors (Lipinski definition) is 2. The van der Waals surface area contributed by atoms with Gasteiger partial charge < -0.3 is 20.5 Å². The first kappa shape index (κ1) is 12.5. The Hall–Kier alpha value is -0.920. The molecule has 0 aromatic carbocycles. The first-order valence-electron chi connectivity index (χ1n) is 5.30. The monoisotopic (exact) mass is 302 g/mol. The minimum Gasteiger partial charge on any atom is -0.381 e. The van der Waals surface area contributed by atoms with Crippen molar-refractivity contribution in [3.63, 3.8) is 0 Å². The standard InChI is InChI=1S/C10H15BrN4O2/c1-10(2)16-5-6(17-10)3-14-9-8(12)13-4-7(11)15-9/h4,6H,3,5H2,1-2H3,(H2,12,13)(H,14,15). The Morgan fingerprint density at radius 2 is 2.41 bits per heavy atom. The molecule has 0 radical (unpaired) electrons. The Morgan fingerprint density at radius 3 is 3.06 bits per heavy atom. The van der Waals surface area contributed by atoms with Gasteiger partial charge in [-0.2, -0.15) is 0 Å². The molecule has 7 heteroatoms. The van der Waals surface area contributed by atoms with Crippen molar-refractivity contribution >= 4 is 27.6 Å². The van der Waals surface area contributed by atoms with E-state index in [1.807, 2.05) is 13.8 Å². The maximum atomic E-state index is 5.70. The molecule has 0 amide bonds. The number of rotatable bonds is 3. The number of anilines is 2. The third-order valence-corrected chi connectivity index (χ3v) is 2.72. The van der Waals surface area contributed by atoms with Crippen molar-refractivity contribution in [3.05, 3.63) is 10.8 Å². The van der Waals surface area contributed by atoms with E-state index in [0.717, 1.165) is 0 Å². The fraction of sp³-hybridized carbons (Fsp3) is 0.600. The molecule has 17 heavy (non-hydrogen) atoms. The summed E-state index contributed by atoms with van der Waals surface area (Å²) in [5, 5.41) is 3.10. The van der Waals surface area contributed by atoms with Gasteiger partial charge in [0.2, 0.25) is 0 Å². The molecule has 0 aliphatic carbocycles. The van der Waals surface area contributed by atoms with Crippen molar-refractivity contribution in [2.75, 3.05) is 24.2 Å². The number of halogens is 1. The zero-order valence-corrected chi connectivity index (χ0v) is 11.3. The van der Waals surface area contributed by atoms with Gasteiger partial charge in [0.25, 0.3) is 0 Å². The lowest BCUT2D eigenvalue weighted by atomic mass is 10.3. The summed E-state index contributed by atoms with van der Waals surface area (Å²) < 4.78 is 11.7. The van der Waals surface area contributed by atoms with Crippen LogP contribution in [0.5, 0.6) is 0 Å². The molecule has 2 rings (SSSR count). The van der Waals surface area contributed by atoms with Gasteiger partial charge in [0.15, 0.2) is 17.4 Å². The van der Waals surface area contributed by atoms with Crippen LogP contribution in [0.3, 0.4) is 0 Å². The molecular formula is C10H15BrN4O2. The fourth-order valence-corrected chi connectivity index (χ4v) is 1.86. The maximum Gasteiger partial charge on any atom is 0.170 e. The van der Waals surface area contributed by atoms with Gasteiger partial charge in [-0.15, -0.1) is 0 Å². The molecule has 1 aliphatic heterocycles. The Labute approximate surface area is 108 Å². The summed E-state index contributed by atoms with van der Waals surface area (Å²) in [5.74, 6) is 0.403. The lowest BCUT2D eigenvalue weighted by Gasteiger charge is -2.17. The fourth-order valence-electron chi connectivity index (χ4n) is 1.58. The van der Waals surface area contributed by atoms with Crippen LogP contribution in [0.2, 0.25) is 0 Å². The second kappa shape index (κ2) is 4.75. The highest BCUT2D eigenvalue weighted by atomic mass is 79.9. The summed E-state index contributed by atoms with van der Waals surface area (Å²) in [4.78, 5) is 8.18.